The van der Waals surface area contributed by atoms with Gasteiger partial charge in [-0.15, -0.1) is 0 Å². The molecule has 18 heavy (non-hydrogen) atoms. The van der Waals surface area contributed by atoms with Crippen LogP contribution in [0, 0.1) is 10.8 Å². The van der Waals surface area contributed by atoms with Gasteiger partial charge in [-0.05, 0) is 24.0 Å². The fourth-order valence-corrected chi connectivity index (χ4v) is 0. The van der Waals surface area contributed by atoms with Crippen molar-refractivity contribution < 1.29 is 0 Å². The molecule has 0 aromatic heterocycles. The van der Waals surface area contributed by atoms with Crippen molar-refractivity contribution in [1.29, 1.82) is 0 Å². The number of unbranched alkanes of at least 4 members (excludes halogenated alkanes) is 1. The van der Waals surface area contributed by atoms with E-state index in [4.69, 9.17) is 0 Å². The first-order valence-electron chi connectivity index (χ1n) is 7.20. The van der Waals surface area contributed by atoms with Crippen LogP contribution in [0.1, 0.15) is 89.0 Å². The van der Waals surface area contributed by atoms with Gasteiger partial charge in [0, 0.05) is 7.05 Å². The predicted octanol–water partition coefficient (Wildman–Crippen LogP) is 6.62. The van der Waals surface area contributed by atoms with E-state index in [0.717, 1.165) is 0 Å². The molecule has 1 heteroatoms. The van der Waals surface area contributed by atoms with E-state index in [1.54, 1.807) is 13.3 Å². The van der Waals surface area contributed by atoms with E-state index in [2.05, 4.69) is 74.2 Å². The van der Waals surface area contributed by atoms with Gasteiger partial charge in [0.05, 0.1) is 0 Å². The van der Waals surface area contributed by atoms with Crippen LogP contribution in [0.25, 0.3) is 0 Å². The lowest BCUT2D eigenvalue weighted by molar-refractivity contribution is 0.469. The highest BCUT2D eigenvalue weighted by molar-refractivity contribution is 5.52. The summed E-state index contributed by atoms with van der Waals surface area (Å²) in [5.74, 6) is 0. The Balaban J connectivity index is -0.0000000731. The molecule has 0 atom stereocenters. The largest absolute Gasteiger partial charge is 0.301 e. The number of hydrogen-bond donors (Lipinski definition) is 0. The van der Waals surface area contributed by atoms with Gasteiger partial charge in [-0.2, -0.15) is 0 Å². The molecule has 0 amide bonds. The van der Waals surface area contributed by atoms with Crippen LogP contribution in [0.3, 0.4) is 0 Å². The maximum Gasteiger partial charge on any atom is 0.0273 e. The molecule has 0 saturated carbocycles. The summed E-state index contributed by atoms with van der Waals surface area (Å²) in [6, 6.07) is 0. The van der Waals surface area contributed by atoms with Gasteiger partial charge in [0.1, 0.15) is 0 Å². The highest BCUT2D eigenvalue weighted by atomic mass is 14.6. The molecule has 0 aliphatic carbocycles. The Morgan fingerprint density at radius 3 is 0.833 bits per heavy atom. The number of aliphatic imine (C=N–C) groups is 1. The molecule has 0 fully saturated rings. The molecular formula is C17H41N. The summed E-state index contributed by atoms with van der Waals surface area (Å²) >= 11 is 0. The molecular weight excluding hydrogens is 218 g/mol. The van der Waals surface area contributed by atoms with Gasteiger partial charge in [0.25, 0.3) is 0 Å². The van der Waals surface area contributed by atoms with Crippen LogP contribution in [0.4, 0.5) is 0 Å². The normalized spacial score (nSPS) is 10.4. The molecule has 0 aliphatic heterocycles. The molecule has 0 unspecified atom stereocenters. The zero-order valence-electron chi connectivity index (χ0n) is 15.4. The van der Waals surface area contributed by atoms with Gasteiger partial charge in [0.15, 0.2) is 0 Å². The number of hydrogen-bond acceptors (Lipinski definition) is 1. The zero-order valence-corrected chi connectivity index (χ0v) is 15.4. The van der Waals surface area contributed by atoms with E-state index in [0.29, 0.717) is 10.8 Å². The first-order valence-corrected chi connectivity index (χ1v) is 7.20. The highest BCUT2D eigenvalue weighted by Gasteiger charge is 1.96. The molecule has 0 heterocycles. The van der Waals surface area contributed by atoms with Crippen molar-refractivity contribution >= 4 is 6.21 Å². The Bertz CT molecular complexity index is 114. The molecule has 0 aromatic rings. The summed E-state index contributed by atoms with van der Waals surface area (Å²) in [7, 11) is 1.75. The molecule has 114 valence electrons. The lowest BCUT2D eigenvalue weighted by Gasteiger charge is -2.05. The minimum absolute atomic E-state index is 0.500. The fraction of sp³-hybridized carbons (Fsp3) is 0.941. The van der Waals surface area contributed by atoms with E-state index in [1.165, 1.54) is 12.8 Å². The number of rotatable bonds is 1. The molecule has 0 aromatic carbocycles. The topological polar surface area (TPSA) is 12.4 Å². The van der Waals surface area contributed by atoms with Crippen LogP contribution < -0.4 is 0 Å². The van der Waals surface area contributed by atoms with Crippen molar-refractivity contribution in [2.75, 3.05) is 7.05 Å². The second-order valence-electron chi connectivity index (χ2n) is 7.52. The van der Waals surface area contributed by atoms with E-state index < -0.39 is 0 Å². The molecule has 0 aliphatic rings. The average Bonchev–Trinajstić information content (AvgIpc) is 2.12. The third kappa shape index (κ3) is 1210. The quantitative estimate of drug-likeness (QED) is 0.469. The van der Waals surface area contributed by atoms with Gasteiger partial charge in [-0.25, -0.2) is 0 Å². The van der Waals surface area contributed by atoms with E-state index in [-0.39, 0.29) is 0 Å². The van der Waals surface area contributed by atoms with E-state index in [1.807, 2.05) is 6.92 Å². The van der Waals surface area contributed by atoms with Gasteiger partial charge >= 0.3 is 0 Å². The van der Waals surface area contributed by atoms with Gasteiger partial charge in [-0.3, -0.25) is 0 Å². The average molecular weight is 260 g/mol. The van der Waals surface area contributed by atoms with E-state index in [9.17, 15) is 0 Å². The fourth-order valence-electron chi connectivity index (χ4n) is 0. The van der Waals surface area contributed by atoms with Crippen LogP contribution >= 0.6 is 0 Å². The summed E-state index contributed by atoms with van der Waals surface area (Å²) in [4.78, 5) is 3.61. The van der Waals surface area contributed by atoms with Crippen LogP contribution in [0.5, 0.6) is 0 Å². The lowest BCUT2D eigenvalue weighted by atomic mass is 10.0. The minimum atomic E-state index is 0.500. The molecule has 1 nitrogen and oxygen atoms in total. The van der Waals surface area contributed by atoms with Crippen molar-refractivity contribution in [1.82, 2.24) is 0 Å². The molecule has 0 bridgehead atoms. The highest BCUT2D eigenvalue weighted by Crippen LogP contribution is 2.08. The Morgan fingerprint density at radius 2 is 0.833 bits per heavy atom. The standard InChI is InChI=1S/2C5H12.C4H10.C3H7N/c2*1-5(2,3)4;2*1-3-4-2/h2*1-4H3;3-4H2,1-2H3;3H,1-2H3. The summed E-state index contributed by atoms with van der Waals surface area (Å²) < 4.78 is 0. The SMILES string of the molecule is CC(C)(C)C.CC(C)(C)C.CC=NC.CCCC. The second kappa shape index (κ2) is 16.7. The molecule has 0 spiro atoms. The molecule has 0 saturated heterocycles. The van der Waals surface area contributed by atoms with Crippen molar-refractivity contribution in [3.63, 3.8) is 0 Å². The van der Waals surface area contributed by atoms with Gasteiger partial charge in [-0.1, -0.05) is 82.1 Å². The van der Waals surface area contributed by atoms with Crippen molar-refractivity contribution in [2.45, 2.75) is 89.0 Å². The first kappa shape index (κ1) is 26.3. The van der Waals surface area contributed by atoms with Gasteiger partial charge in [0.2, 0.25) is 0 Å². The van der Waals surface area contributed by atoms with Crippen LogP contribution in [0.15, 0.2) is 4.99 Å². The third-order valence-electron chi connectivity index (χ3n) is 0.758. The second-order valence-corrected chi connectivity index (χ2v) is 7.52. The van der Waals surface area contributed by atoms with Crippen molar-refractivity contribution in [3.8, 4) is 0 Å². The summed E-state index contributed by atoms with van der Waals surface area (Å²) in [5, 5.41) is 0. The predicted molar refractivity (Wildman–Crippen MR) is 90.9 cm³/mol. The summed E-state index contributed by atoms with van der Waals surface area (Å²) in [6.45, 7) is 23.8. The van der Waals surface area contributed by atoms with Crippen LogP contribution in [-0.2, 0) is 0 Å². The van der Waals surface area contributed by atoms with Crippen molar-refractivity contribution in [2.24, 2.45) is 15.8 Å². The smallest absolute Gasteiger partial charge is 0.0273 e. The minimum Gasteiger partial charge on any atom is -0.301 e. The maximum atomic E-state index is 3.61. The molecule has 0 rings (SSSR count). The zero-order chi connectivity index (χ0) is 15.8. The van der Waals surface area contributed by atoms with Crippen LogP contribution in [-0.4, -0.2) is 13.3 Å². The Hall–Kier alpha value is -0.330. The van der Waals surface area contributed by atoms with E-state index >= 15 is 0 Å². The third-order valence-corrected chi connectivity index (χ3v) is 0.758. The summed E-state index contributed by atoms with van der Waals surface area (Å²) in [6.07, 6.45) is 4.39. The lowest BCUT2D eigenvalue weighted by Crippen LogP contribution is -1.93. The van der Waals surface area contributed by atoms with Crippen LogP contribution in [0.2, 0.25) is 0 Å². The molecule has 0 radical (unpaired) electrons. The summed E-state index contributed by atoms with van der Waals surface area (Å²) in [5.41, 5.74) is 1.00. The maximum absolute atomic E-state index is 3.61. The first-order chi connectivity index (χ1) is 7.83. The number of nitrogens with zero attached hydrogens (tertiary/aromatic N) is 1. The Morgan fingerprint density at radius 1 is 0.722 bits per heavy atom. The van der Waals surface area contributed by atoms with Crippen molar-refractivity contribution in [3.05, 3.63) is 0 Å². The van der Waals surface area contributed by atoms with Gasteiger partial charge < -0.3 is 4.99 Å². The monoisotopic (exact) mass is 259 g/mol. The Labute approximate surface area is 118 Å². The Kier molecular flexibility index (Phi) is 24.3. The molecule has 0 N–H and O–H groups in total.